The van der Waals surface area contributed by atoms with Crippen LogP contribution in [0.1, 0.15) is 53.6 Å². The first-order valence-electron chi connectivity index (χ1n) is 10.1. The first kappa shape index (κ1) is 21.5. The molecule has 3 rings (SSSR count). The maximum Gasteiger partial charge on any atom is 0.278 e. The molecular formula is C22H31N5OS. The molecule has 0 bridgehead atoms. The van der Waals surface area contributed by atoms with Crippen LogP contribution in [0.15, 0.2) is 18.2 Å². The van der Waals surface area contributed by atoms with Crippen LogP contribution in [-0.2, 0) is 0 Å². The van der Waals surface area contributed by atoms with Crippen molar-refractivity contribution in [1.82, 2.24) is 19.7 Å². The summed E-state index contributed by atoms with van der Waals surface area (Å²) in [5.74, 6) is -0.0357. The zero-order valence-corrected chi connectivity index (χ0v) is 19.3. The summed E-state index contributed by atoms with van der Waals surface area (Å²) in [5, 5.41) is 5.28. The van der Waals surface area contributed by atoms with Crippen molar-refractivity contribution in [2.24, 2.45) is 0 Å². The predicted molar refractivity (Wildman–Crippen MR) is 121 cm³/mol. The molecular weight excluding hydrogens is 382 g/mol. The summed E-state index contributed by atoms with van der Waals surface area (Å²) in [7, 11) is 4.10. The molecule has 0 aliphatic rings. The van der Waals surface area contributed by atoms with E-state index in [-0.39, 0.29) is 11.9 Å². The highest BCUT2D eigenvalue weighted by Crippen LogP contribution is 2.33. The number of fused-ring (bicyclic) bond motifs is 1. The molecule has 2 aromatic heterocycles. The molecule has 0 atom stereocenters. The number of aromatic nitrogens is 3. The van der Waals surface area contributed by atoms with Gasteiger partial charge in [-0.25, -0.2) is 4.98 Å². The summed E-state index contributed by atoms with van der Waals surface area (Å²) in [6.45, 7) is 11.7. The molecule has 0 saturated heterocycles. The summed E-state index contributed by atoms with van der Waals surface area (Å²) in [6, 6.07) is 6.25. The highest BCUT2D eigenvalue weighted by Gasteiger charge is 2.26. The van der Waals surface area contributed by atoms with Crippen LogP contribution in [0.25, 0.3) is 10.2 Å². The Morgan fingerprint density at radius 3 is 2.52 bits per heavy atom. The average Bonchev–Trinajstić information content (AvgIpc) is 3.21. The average molecular weight is 414 g/mol. The van der Waals surface area contributed by atoms with Crippen molar-refractivity contribution >= 4 is 32.6 Å². The van der Waals surface area contributed by atoms with Crippen LogP contribution in [0.4, 0.5) is 5.13 Å². The Bertz CT molecular complexity index is 1020. The van der Waals surface area contributed by atoms with Gasteiger partial charge in [0.25, 0.3) is 5.91 Å². The molecule has 0 unspecified atom stereocenters. The second kappa shape index (κ2) is 8.63. The van der Waals surface area contributed by atoms with Crippen LogP contribution in [0.5, 0.6) is 0 Å². The number of aryl methyl sites for hydroxylation is 3. The number of carbonyl (C=O) groups excluding carboxylic acids is 1. The van der Waals surface area contributed by atoms with Crippen molar-refractivity contribution in [3.63, 3.8) is 0 Å². The normalized spacial score (nSPS) is 11.8. The molecule has 0 aliphatic carbocycles. The molecule has 156 valence electrons. The van der Waals surface area contributed by atoms with Gasteiger partial charge < -0.3 is 4.90 Å². The van der Waals surface area contributed by atoms with Gasteiger partial charge in [0, 0.05) is 12.6 Å². The number of anilines is 1. The molecule has 6 nitrogen and oxygen atoms in total. The minimum atomic E-state index is -0.0357. The van der Waals surface area contributed by atoms with E-state index in [9.17, 15) is 4.79 Å². The Labute approximate surface area is 177 Å². The van der Waals surface area contributed by atoms with Crippen molar-refractivity contribution in [3.05, 3.63) is 40.7 Å². The lowest BCUT2D eigenvalue weighted by Gasteiger charge is -2.22. The SMILES string of the molecule is Cc1cc(C)c2sc(N(CCCN(C)C)C(=O)c3cc(C)nn3C(C)C)nc2c1. The third kappa shape index (κ3) is 4.67. The molecule has 0 saturated carbocycles. The fraction of sp³-hybridized carbons (Fsp3) is 0.500. The maximum atomic E-state index is 13.6. The quantitative estimate of drug-likeness (QED) is 0.568. The van der Waals surface area contributed by atoms with Gasteiger partial charge in [-0.3, -0.25) is 14.4 Å². The van der Waals surface area contributed by atoms with Crippen LogP contribution in [0.2, 0.25) is 0 Å². The molecule has 7 heteroatoms. The highest BCUT2D eigenvalue weighted by molar-refractivity contribution is 7.22. The zero-order chi connectivity index (χ0) is 21.3. The number of benzene rings is 1. The minimum absolute atomic E-state index is 0.0357. The molecule has 0 spiro atoms. The summed E-state index contributed by atoms with van der Waals surface area (Å²) >= 11 is 1.59. The third-order valence-corrected chi connectivity index (χ3v) is 6.07. The Morgan fingerprint density at radius 1 is 1.14 bits per heavy atom. The summed E-state index contributed by atoms with van der Waals surface area (Å²) in [5.41, 5.74) is 4.82. The lowest BCUT2D eigenvalue weighted by Crippen LogP contribution is -2.35. The lowest BCUT2D eigenvalue weighted by molar-refractivity contribution is 0.0974. The van der Waals surface area contributed by atoms with Gasteiger partial charge >= 0.3 is 0 Å². The standard InChI is InChI=1S/C22H31N5OS/c1-14(2)27-19(13-17(5)24-27)21(28)26(10-8-9-25(6)7)22-23-18-12-15(3)11-16(4)20(18)29-22/h11-14H,8-10H2,1-7H3. The molecule has 1 amide bonds. The fourth-order valence-electron chi connectivity index (χ4n) is 3.52. The predicted octanol–water partition coefficient (Wildman–Crippen LogP) is 4.60. The van der Waals surface area contributed by atoms with Crippen LogP contribution in [0.3, 0.4) is 0 Å². The molecule has 0 aliphatic heterocycles. The topological polar surface area (TPSA) is 54.3 Å². The number of nitrogens with zero attached hydrogens (tertiary/aromatic N) is 5. The summed E-state index contributed by atoms with van der Waals surface area (Å²) in [6.07, 6.45) is 0.876. The van der Waals surface area contributed by atoms with E-state index in [0.29, 0.717) is 12.2 Å². The summed E-state index contributed by atoms with van der Waals surface area (Å²) < 4.78 is 2.96. The number of thiazole rings is 1. The lowest BCUT2D eigenvalue weighted by atomic mass is 10.1. The molecule has 0 radical (unpaired) electrons. The van der Waals surface area contributed by atoms with Gasteiger partial charge in [0.15, 0.2) is 5.13 Å². The van der Waals surface area contributed by atoms with E-state index in [4.69, 9.17) is 4.98 Å². The van der Waals surface area contributed by atoms with Crippen molar-refractivity contribution in [3.8, 4) is 0 Å². The van der Waals surface area contributed by atoms with Crippen LogP contribution in [0, 0.1) is 20.8 Å². The Balaban J connectivity index is 2.03. The van der Waals surface area contributed by atoms with Crippen LogP contribution in [-0.4, -0.2) is 52.8 Å². The van der Waals surface area contributed by atoms with Gasteiger partial charge in [0.2, 0.25) is 0 Å². The van der Waals surface area contributed by atoms with Crippen LogP contribution < -0.4 is 4.90 Å². The Kier molecular flexibility index (Phi) is 6.39. The third-order valence-electron chi connectivity index (χ3n) is 4.84. The maximum absolute atomic E-state index is 13.6. The number of amides is 1. The van der Waals surface area contributed by atoms with Crippen molar-refractivity contribution in [2.75, 3.05) is 32.1 Å². The number of carbonyl (C=O) groups is 1. The molecule has 2 heterocycles. The van der Waals surface area contributed by atoms with Crippen LogP contribution >= 0.6 is 11.3 Å². The Morgan fingerprint density at radius 2 is 1.86 bits per heavy atom. The van der Waals surface area contributed by atoms with E-state index in [1.807, 2.05) is 50.5 Å². The molecule has 3 aromatic rings. The molecule has 29 heavy (non-hydrogen) atoms. The van der Waals surface area contributed by atoms with Gasteiger partial charge in [-0.1, -0.05) is 17.4 Å². The van der Waals surface area contributed by atoms with Gasteiger partial charge in [-0.2, -0.15) is 5.10 Å². The largest absolute Gasteiger partial charge is 0.309 e. The van der Waals surface area contributed by atoms with Gasteiger partial charge in [0.1, 0.15) is 5.69 Å². The second-order valence-corrected chi connectivity index (χ2v) is 9.23. The smallest absolute Gasteiger partial charge is 0.278 e. The number of hydrogen-bond acceptors (Lipinski definition) is 5. The van der Waals surface area contributed by atoms with Crippen molar-refractivity contribution in [1.29, 1.82) is 0 Å². The van der Waals surface area contributed by atoms with E-state index in [1.54, 1.807) is 11.3 Å². The van der Waals surface area contributed by atoms with Gasteiger partial charge in [-0.05, 0) is 84.9 Å². The number of hydrogen-bond donors (Lipinski definition) is 0. The van der Waals surface area contributed by atoms with E-state index in [0.717, 1.165) is 34.0 Å². The van der Waals surface area contributed by atoms with E-state index >= 15 is 0 Å². The molecule has 0 N–H and O–H groups in total. The highest BCUT2D eigenvalue weighted by atomic mass is 32.1. The first-order chi connectivity index (χ1) is 13.7. The first-order valence-corrected chi connectivity index (χ1v) is 10.9. The molecule has 0 fully saturated rings. The van der Waals surface area contributed by atoms with E-state index < -0.39 is 0 Å². The van der Waals surface area contributed by atoms with Crippen molar-refractivity contribution in [2.45, 2.75) is 47.1 Å². The zero-order valence-electron chi connectivity index (χ0n) is 18.5. The second-order valence-electron chi connectivity index (χ2n) is 8.25. The van der Waals surface area contributed by atoms with E-state index in [2.05, 4.69) is 36.0 Å². The van der Waals surface area contributed by atoms with Gasteiger partial charge in [0.05, 0.1) is 15.9 Å². The number of rotatable bonds is 7. The minimum Gasteiger partial charge on any atom is -0.309 e. The fourth-order valence-corrected chi connectivity index (χ4v) is 4.56. The Hall–Kier alpha value is -2.25. The van der Waals surface area contributed by atoms with E-state index in [1.165, 1.54) is 11.1 Å². The monoisotopic (exact) mass is 413 g/mol. The van der Waals surface area contributed by atoms with Crippen molar-refractivity contribution < 1.29 is 4.79 Å². The summed E-state index contributed by atoms with van der Waals surface area (Å²) in [4.78, 5) is 22.4. The molecule has 1 aromatic carbocycles. The van der Waals surface area contributed by atoms with Gasteiger partial charge in [-0.15, -0.1) is 0 Å².